The molecule has 1 aromatic carbocycles. The van der Waals surface area contributed by atoms with Crippen molar-refractivity contribution in [2.24, 2.45) is 0 Å². The number of hydrogen-bond donors (Lipinski definition) is 0. The minimum absolute atomic E-state index is 0.0105. The van der Waals surface area contributed by atoms with Crippen LogP contribution < -0.4 is 4.90 Å². The summed E-state index contributed by atoms with van der Waals surface area (Å²) < 4.78 is 12.1. The fraction of sp³-hybridized carbons (Fsp3) is 0.571. The van der Waals surface area contributed by atoms with Crippen molar-refractivity contribution < 1.29 is 9.13 Å². The Morgan fingerprint density at radius 1 is 1.43 bits per heavy atom. The van der Waals surface area contributed by atoms with Gasteiger partial charge in [-0.1, -0.05) is 25.4 Å². The zero-order chi connectivity index (χ0) is 15.6. The first kappa shape index (κ1) is 16.2. The Hall–Kier alpha value is -1.14. The monoisotopic (exact) mass is 330 g/mol. The predicted octanol–water partition coefficient (Wildman–Crippen LogP) is 3.38. The summed E-state index contributed by atoms with van der Waals surface area (Å²) in [5.41, 5.74) is 0.573. The molecule has 1 unspecified atom stereocenters. The molecule has 0 aliphatic carbocycles. The summed E-state index contributed by atoms with van der Waals surface area (Å²) in [6.07, 6.45) is 1.60. The van der Waals surface area contributed by atoms with Gasteiger partial charge in [0.2, 0.25) is 0 Å². The number of anilines is 1. The average Bonchev–Trinajstić information content (AvgIpc) is 2.48. The molecule has 1 aliphatic heterocycles. The summed E-state index contributed by atoms with van der Waals surface area (Å²) in [5, 5.41) is 11.6. The first-order valence-electron chi connectivity index (χ1n) is 7.01. The van der Waals surface area contributed by atoms with E-state index >= 15 is 0 Å². The lowest BCUT2D eigenvalue weighted by atomic mass is 10.0. The molecule has 1 heterocycles. The van der Waals surface area contributed by atoms with Crippen LogP contribution in [-0.2, 0) is 10.8 Å². The third kappa shape index (κ3) is 3.06. The molecular weight excluding hydrogens is 312 g/mol. The fourth-order valence-corrected chi connectivity index (χ4v) is 4.75. The molecule has 7 heteroatoms. The Kier molecular flexibility index (Phi) is 4.88. The second kappa shape index (κ2) is 6.32. The minimum Gasteiger partial charge on any atom is -0.364 e. The van der Waals surface area contributed by atoms with E-state index in [2.05, 4.69) is 0 Å². The van der Waals surface area contributed by atoms with Crippen molar-refractivity contribution in [1.82, 2.24) is 0 Å². The third-order valence-electron chi connectivity index (χ3n) is 4.27. The van der Waals surface area contributed by atoms with E-state index in [1.165, 1.54) is 6.07 Å². The summed E-state index contributed by atoms with van der Waals surface area (Å²) in [6, 6.07) is 4.72. The van der Waals surface area contributed by atoms with Gasteiger partial charge in [0.25, 0.3) is 5.69 Å². The van der Waals surface area contributed by atoms with Gasteiger partial charge in [-0.25, -0.2) is 0 Å². The molecule has 0 bridgehead atoms. The molecule has 0 saturated carbocycles. The SMILES string of the molecule is CCC1(CC)CN(c2ccc(Cl)cc2[N+](=O)[O-])CCS1=O. The summed E-state index contributed by atoms with van der Waals surface area (Å²) in [7, 11) is -0.890. The van der Waals surface area contributed by atoms with E-state index in [1.54, 1.807) is 12.1 Å². The summed E-state index contributed by atoms with van der Waals surface area (Å²) in [5.74, 6) is 0.543. The molecule has 1 atom stereocenters. The summed E-state index contributed by atoms with van der Waals surface area (Å²) in [6.45, 7) is 5.20. The molecule has 0 aromatic heterocycles. The Labute approximate surface area is 131 Å². The third-order valence-corrected chi connectivity index (χ3v) is 6.73. The lowest BCUT2D eigenvalue weighted by molar-refractivity contribution is -0.384. The maximum absolute atomic E-state index is 12.4. The van der Waals surface area contributed by atoms with E-state index < -0.39 is 15.7 Å². The van der Waals surface area contributed by atoms with E-state index in [9.17, 15) is 14.3 Å². The topological polar surface area (TPSA) is 63.4 Å². The quantitative estimate of drug-likeness (QED) is 0.627. The van der Waals surface area contributed by atoms with Gasteiger partial charge < -0.3 is 4.90 Å². The van der Waals surface area contributed by atoms with Crippen LogP contribution >= 0.6 is 11.6 Å². The predicted molar refractivity (Wildman–Crippen MR) is 86.6 cm³/mol. The van der Waals surface area contributed by atoms with Crippen molar-refractivity contribution in [1.29, 1.82) is 0 Å². The van der Waals surface area contributed by atoms with Gasteiger partial charge in [0.05, 0.1) is 9.67 Å². The number of nitro groups is 1. The van der Waals surface area contributed by atoms with Crippen molar-refractivity contribution in [3.8, 4) is 0 Å². The standard InChI is InChI=1S/C14H19ClN2O3S/c1-3-14(4-2)10-16(7-8-21(14)20)12-6-5-11(15)9-13(12)17(18)19/h5-6,9H,3-4,7-8,10H2,1-2H3. The molecule has 1 aliphatic rings. The second-order valence-electron chi connectivity index (χ2n) is 5.25. The Bertz CT molecular complexity index is 575. The smallest absolute Gasteiger partial charge is 0.294 e. The van der Waals surface area contributed by atoms with Crippen LogP contribution in [0.25, 0.3) is 0 Å². The van der Waals surface area contributed by atoms with Crippen molar-refractivity contribution in [2.75, 3.05) is 23.7 Å². The molecule has 0 N–H and O–H groups in total. The first-order chi connectivity index (χ1) is 9.93. The van der Waals surface area contributed by atoms with Crippen LogP contribution in [0, 0.1) is 10.1 Å². The van der Waals surface area contributed by atoms with Crippen molar-refractivity contribution in [3.63, 3.8) is 0 Å². The summed E-state index contributed by atoms with van der Waals surface area (Å²) >= 11 is 5.86. The molecule has 1 saturated heterocycles. The van der Waals surface area contributed by atoms with E-state index in [0.29, 0.717) is 29.6 Å². The maximum atomic E-state index is 12.4. The number of hydrogen-bond acceptors (Lipinski definition) is 4. The zero-order valence-electron chi connectivity index (χ0n) is 12.2. The maximum Gasteiger partial charge on any atom is 0.294 e. The highest BCUT2D eigenvalue weighted by Gasteiger charge is 2.40. The van der Waals surface area contributed by atoms with Crippen LogP contribution in [0.2, 0.25) is 5.02 Å². The van der Waals surface area contributed by atoms with E-state index in [4.69, 9.17) is 11.6 Å². The molecule has 116 valence electrons. The highest BCUT2D eigenvalue weighted by Crippen LogP contribution is 2.36. The van der Waals surface area contributed by atoms with Gasteiger partial charge in [-0.15, -0.1) is 0 Å². The highest BCUT2D eigenvalue weighted by molar-refractivity contribution is 7.86. The Morgan fingerprint density at radius 3 is 2.67 bits per heavy atom. The lowest BCUT2D eigenvalue weighted by Gasteiger charge is -2.42. The normalized spacial score (nSPS) is 21.3. The van der Waals surface area contributed by atoms with Crippen molar-refractivity contribution in [3.05, 3.63) is 33.3 Å². The number of nitro benzene ring substituents is 1. The molecule has 0 amide bonds. The van der Waals surface area contributed by atoms with Crippen LogP contribution in [0.15, 0.2) is 18.2 Å². The van der Waals surface area contributed by atoms with Crippen molar-refractivity contribution in [2.45, 2.75) is 31.4 Å². The van der Waals surface area contributed by atoms with Crippen LogP contribution in [0.5, 0.6) is 0 Å². The Balaban J connectivity index is 2.39. The average molecular weight is 331 g/mol. The zero-order valence-corrected chi connectivity index (χ0v) is 13.7. The van der Waals surface area contributed by atoms with Crippen LogP contribution in [0.4, 0.5) is 11.4 Å². The Morgan fingerprint density at radius 2 is 2.10 bits per heavy atom. The lowest BCUT2D eigenvalue weighted by Crippen LogP contribution is -2.53. The molecule has 0 spiro atoms. The largest absolute Gasteiger partial charge is 0.364 e. The molecule has 5 nitrogen and oxygen atoms in total. The van der Waals surface area contributed by atoms with Crippen LogP contribution in [0.3, 0.4) is 0 Å². The molecule has 0 radical (unpaired) electrons. The van der Waals surface area contributed by atoms with E-state index in [-0.39, 0.29) is 10.4 Å². The van der Waals surface area contributed by atoms with Crippen molar-refractivity contribution >= 4 is 33.8 Å². The van der Waals surface area contributed by atoms with Gasteiger partial charge in [0.1, 0.15) is 5.69 Å². The van der Waals surface area contributed by atoms with Gasteiger partial charge in [0, 0.05) is 40.7 Å². The van der Waals surface area contributed by atoms with Gasteiger partial charge in [-0.3, -0.25) is 14.3 Å². The first-order valence-corrected chi connectivity index (χ1v) is 8.70. The minimum atomic E-state index is -0.890. The fourth-order valence-electron chi connectivity index (χ4n) is 2.82. The number of nitrogens with zero attached hydrogens (tertiary/aromatic N) is 2. The van der Waals surface area contributed by atoms with Gasteiger partial charge in [-0.05, 0) is 25.0 Å². The van der Waals surface area contributed by atoms with E-state index in [0.717, 1.165) is 12.8 Å². The second-order valence-corrected chi connectivity index (χ2v) is 7.65. The number of benzene rings is 1. The number of halogens is 1. The van der Waals surface area contributed by atoms with Crippen LogP contribution in [0.1, 0.15) is 26.7 Å². The summed E-state index contributed by atoms with van der Waals surface area (Å²) in [4.78, 5) is 12.8. The molecule has 1 aromatic rings. The van der Waals surface area contributed by atoms with E-state index in [1.807, 2.05) is 18.7 Å². The number of rotatable bonds is 4. The molecular formula is C14H19ClN2O3S. The van der Waals surface area contributed by atoms with Gasteiger partial charge in [0.15, 0.2) is 0 Å². The highest BCUT2D eigenvalue weighted by atomic mass is 35.5. The molecule has 2 rings (SSSR count). The van der Waals surface area contributed by atoms with Crippen LogP contribution in [-0.4, -0.2) is 32.7 Å². The molecule has 1 fully saturated rings. The molecule has 21 heavy (non-hydrogen) atoms. The van der Waals surface area contributed by atoms with Gasteiger partial charge >= 0.3 is 0 Å². The van der Waals surface area contributed by atoms with Gasteiger partial charge in [-0.2, -0.15) is 0 Å².